The van der Waals surface area contributed by atoms with E-state index in [0.717, 1.165) is 18.7 Å². The maximum Gasteiger partial charge on any atom is 0.451 e. The molecule has 0 aliphatic carbocycles. The zero-order valence-corrected chi connectivity index (χ0v) is 19.5. The average molecular weight is 494 g/mol. The van der Waals surface area contributed by atoms with Gasteiger partial charge in [0.1, 0.15) is 5.82 Å². The van der Waals surface area contributed by atoms with Crippen LogP contribution < -0.4 is 5.32 Å². The van der Waals surface area contributed by atoms with E-state index in [0.29, 0.717) is 6.07 Å². The largest absolute Gasteiger partial charge is 0.451 e. The van der Waals surface area contributed by atoms with Crippen molar-refractivity contribution in [3.63, 3.8) is 0 Å². The first-order valence-electron chi connectivity index (χ1n) is 11.8. The Kier molecular flexibility index (Phi) is 5.50. The molecular weight excluding hydrogens is 464 g/mol. The topological polar surface area (TPSA) is 63.1 Å². The Morgan fingerprint density at radius 1 is 1.29 bits per heavy atom. The lowest BCUT2D eigenvalue weighted by Crippen LogP contribution is -2.58. The summed E-state index contributed by atoms with van der Waals surface area (Å²) in [6, 6.07) is -1.61. The molecule has 1 unspecified atom stereocenters. The van der Waals surface area contributed by atoms with E-state index in [2.05, 4.69) is 15.5 Å². The molecule has 0 saturated carbocycles. The van der Waals surface area contributed by atoms with Crippen LogP contribution >= 0.6 is 0 Å². The molecule has 0 radical (unpaired) electrons. The maximum atomic E-state index is 14.7. The molecule has 2 heterocycles. The van der Waals surface area contributed by atoms with Gasteiger partial charge in [0, 0.05) is 24.0 Å². The molecule has 0 saturated heterocycles. The molecule has 188 valence electrons. The van der Waals surface area contributed by atoms with Crippen LogP contribution in [0.2, 0.25) is 0 Å². The van der Waals surface area contributed by atoms with Crippen molar-refractivity contribution in [1.82, 2.24) is 25.0 Å². The smallest absolute Gasteiger partial charge is 0.326 e. The zero-order chi connectivity index (χ0) is 28.5. The van der Waals surface area contributed by atoms with Gasteiger partial charge in [-0.2, -0.15) is 13.2 Å². The number of likely N-dealkylation sites (N-methyl/N-ethyl adjacent to an activating group) is 1. The van der Waals surface area contributed by atoms with Gasteiger partial charge < -0.3 is 14.8 Å². The van der Waals surface area contributed by atoms with Crippen molar-refractivity contribution in [1.29, 1.82) is 0 Å². The molecule has 1 aliphatic rings. The van der Waals surface area contributed by atoms with E-state index >= 15 is 0 Å². The Balaban J connectivity index is 2.06. The SMILES string of the molecule is [2H]C1(C)c2nnc(C(F)(F)F)n2C([2H])([2H])C(C)(C)N1C(=O)C[C@@](C)(Cc1cc(F)c(F)c(C)c1F)NC. The van der Waals surface area contributed by atoms with Gasteiger partial charge >= 0.3 is 6.18 Å². The molecule has 6 nitrogen and oxygen atoms in total. The standard InChI is InChI=1S/C22H27F6N5O/c1-11-16(24)13(7-14(23)17(11)25)8-21(5,29-6)9-15(34)33-12(2)18-30-31-19(22(26,27)28)32(18)10-20(33,3)4/h7,12,29H,8-10H2,1-6H3/t12?,21-/m1/s1/i10D2,12D. The third-order valence-electron chi connectivity index (χ3n) is 5.95. The summed E-state index contributed by atoms with van der Waals surface area (Å²) in [5.41, 5.74) is -4.09. The van der Waals surface area contributed by atoms with Crippen molar-refractivity contribution < 1.29 is 35.2 Å². The third-order valence-corrected chi connectivity index (χ3v) is 5.95. The number of benzene rings is 1. The number of carbonyl (C=O) groups excluding carboxylic acids is 1. The van der Waals surface area contributed by atoms with Crippen molar-refractivity contribution in [3.05, 3.63) is 46.3 Å². The Morgan fingerprint density at radius 2 is 1.91 bits per heavy atom. The molecule has 0 fully saturated rings. The van der Waals surface area contributed by atoms with Crippen molar-refractivity contribution in [2.45, 2.75) is 77.2 Å². The summed E-state index contributed by atoms with van der Waals surface area (Å²) in [4.78, 5) is 14.4. The zero-order valence-electron chi connectivity index (χ0n) is 22.5. The van der Waals surface area contributed by atoms with Crippen molar-refractivity contribution >= 4 is 5.91 Å². The predicted octanol–water partition coefficient (Wildman–Crippen LogP) is 4.32. The van der Waals surface area contributed by atoms with Gasteiger partial charge in [-0.15, -0.1) is 10.2 Å². The lowest BCUT2D eigenvalue weighted by molar-refractivity contribution is -0.151. The van der Waals surface area contributed by atoms with E-state index in [-0.39, 0.29) is 16.6 Å². The molecular formula is C22H27F6N5O. The fraction of sp³-hybridized carbons (Fsp3) is 0.591. The molecule has 1 amide bonds. The van der Waals surface area contributed by atoms with Crippen LogP contribution in [0.5, 0.6) is 0 Å². The summed E-state index contributed by atoms with van der Waals surface area (Å²) in [6.45, 7) is 3.10. The molecule has 1 N–H and O–H groups in total. The first kappa shape index (κ1) is 21.9. The Morgan fingerprint density at radius 3 is 2.47 bits per heavy atom. The molecule has 1 aromatic heterocycles. The first-order chi connectivity index (χ1) is 16.6. The van der Waals surface area contributed by atoms with Gasteiger partial charge in [-0.05, 0) is 59.7 Å². The number of fused-ring (bicyclic) bond motifs is 1. The molecule has 12 heteroatoms. The molecule has 1 aliphatic heterocycles. The van der Waals surface area contributed by atoms with Crippen LogP contribution in [0, 0.1) is 24.4 Å². The summed E-state index contributed by atoms with van der Waals surface area (Å²) < 4.78 is 109. The average Bonchev–Trinajstić information content (AvgIpc) is 3.22. The fourth-order valence-electron chi connectivity index (χ4n) is 4.15. The molecule has 2 aromatic rings. The van der Waals surface area contributed by atoms with E-state index in [9.17, 15) is 31.1 Å². The number of rotatable bonds is 5. The highest BCUT2D eigenvalue weighted by Crippen LogP contribution is 2.39. The third kappa shape index (κ3) is 4.51. The Bertz CT molecular complexity index is 1250. The van der Waals surface area contributed by atoms with Crippen LogP contribution in [0.1, 0.15) is 67.0 Å². The number of amides is 1. The van der Waals surface area contributed by atoms with Gasteiger partial charge in [0.15, 0.2) is 17.5 Å². The number of nitrogens with zero attached hydrogens (tertiary/aromatic N) is 4. The maximum absolute atomic E-state index is 14.7. The number of aromatic nitrogens is 3. The van der Waals surface area contributed by atoms with E-state index in [1.807, 2.05) is 0 Å². The van der Waals surface area contributed by atoms with E-state index in [1.165, 1.54) is 27.8 Å². The minimum Gasteiger partial charge on any atom is -0.326 e. The number of hydrogen-bond donors (Lipinski definition) is 1. The normalized spacial score (nSPS) is 24.6. The van der Waals surface area contributed by atoms with E-state index < -0.39 is 76.8 Å². The van der Waals surface area contributed by atoms with Crippen LogP contribution in [-0.2, 0) is 23.9 Å². The number of halogens is 6. The summed E-state index contributed by atoms with van der Waals surface area (Å²) >= 11 is 0. The lowest BCUT2D eigenvalue weighted by Gasteiger charge is -2.47. The molecule has 3 rings (SSSR count). The highest BCUT2D eigenvalue weighted by atomic mass is 19.4. The number of hydrogen-bond acceptors (Lipinski definition) is 4. The van der Waals surface area contributed by atoms with Crippen molar-refractivity contribution in [2.24, 2.45) is 0 Å². The number of nitrogens with one attached hydrogen (secondary N) is 1. The Hall–Kier alpha value is -2.63. The molecule has 34 heavy (non-hydrogen) atoms. The molecule has 0 bridgehead atoms. The van der Waals surface area contributed by atoms with Gasteiger partial charge in [-0.1, -0.05) is 0 Å². The highest BCUT2D eigenvalue weighted by Gasteiger charge is 2.48. The number of alkyl halides is 3. The van der Waals surface area contributed by atoms with Crippen LogP contribution in [0.4, 0.5) is 26.3 Å². The lowest BCUT2D eigenvalue weighted by atomic mass is 9.86. The number of carbonyl (C=O) groups is 1. The van der Waals surface area contributed by atoms with Crippen molar-refractivity contribution in [3.8, 4) is 0 Å². The van der Waals surface area contributed by atoms with Gasteiger partial charge in [-0.3, -0.25) is 4.79 Å². The van der Waals surface area contributed by atoms with Gasteiger partial charge in [0.05, 0.1) is 15.7 Å². The molecule has 1 aromatic carbocycles. The fourth-order valence-corrected chi connectivity index (χ4v) is 4.15. The minimum atomic E-state index is -5.08. The van der Waals surface area contributed by atoms with Crippen LogP contribution in [-0.4, -0.2) is 43.7 Å². The van der Waals surface area contributed by atoms with E-state index in [4.69, 9.17) is 4.11 Å². The Labute approximate surface area is 197 Å². The highest BCUT2D eigenvalue weighted by molar-refractivity contribution is 5.79. The van der Waals surface area contributed by atoms with Crippen LogP contribution in [0.15, 0.2) is 6.07 Å². The first-order valence-corrected chi connectivity index (χ1v) is 10.3. The molecule has 2 atom stereocenters. The van der Waals surface area contributed by atoms with Gasteiger partial charge in [0.2, 0.25) is 11.7 Å². The summed E-state index contributed by atoms with van der Waals surface area (Å²) in [6.07, 6.45) is -5.88. The van der Waals surface area contributed by atoms with Gasteiger partial charge in [-0.25, -0.2) is 13.2 Å². The summed E-state index contributed by atoms with van der Waals surface area (Å²) in [5, 5.41) is 9.32. The van der Waals surface area contributed by atoms with Crippen LogP contribution in [0.3, 0.4) is 0 Å². The summed E-state index contributed by atoms with van der Waals surface area (Å²) in [7, 11) is 1.44. The van der Waals surface area contributed by atoms with Crippen LogP contribution in [0.25, 0.3) is 0 Å². The second-order valence-electron chi connectivity index (χ2n) is 9.10. The second-order valence-corrected chi connectivity index (χ2v) is 9.10. The minimum absolute atomic E-state index is 0.195. The van der Waals surface area contributed by atoms with Crippen molar-refractivity contribution in [2.75, 3.05) is 7.05 Å². The predicted molar refractivity (Wildman–Crippen MR) is 111 cm³/mol. The second kappa shape index (κ2) is 8.54. The quantitative estimate of drug-likeness (QED) is 0.497. The molecule has 0 spiro atoms. The monoisotopic (exact) mass is 494 g/mol. The van der Waals surface area contributed by atoms with E-state index in [1.54, 1.807) is 0 Å². The summed E-state index contributed by atoms with van der Waals surface area (Å²) in [5.74, 6) is -6.86. The van der Waals surface area contributed by atoms with Gasteiger partial charge in [0.25, 0.3) is 0 Å².